The van der Waals surface area contributed by atoms with Crippen LogP contribution >= 0.6 is 0 Å². The van der Waals surface area contributed by atoms with E-state index in [0.717, 1.165) is 43.7 Å². The summed E-state index contributed by atoms with van der Waals surface area (Å²) < 4.78 is 0. The number of nitrogens with two attached hydrogens (primary N) is 1. The molecule has 7 nitrogen and oxygen atoms in total. The number of hydrogen-bond donors (Lipinski definition) is 2. The molecule has 28 heavy (non-hydrogen) atoms. The fourth-order valence-corrected chi connectivity index (χ4v) is 4.81. The van der Waals surface area contributed by atoms with Gasteiger partial charge in [0.05, 0.1) is 0 Å². The summed E-state index contributed by atoms with van der Waals surface area (Å²) in [6, 6.07) is 5.31. The van der Waals surface area contributed by atoms with Crippen molar-refractivity contribution in [3.63, 3.8) is 0 Å². The molecule has 3 aliphatic rings. The van der Waals surface area contributed by atoms with E-state index in [1.807, 2.05) is 12.1 Å². The van der Waals surface area contributed by atoms with Gasteiger partial charge >= 0.3 is 0 Å². The van der Waals surface area contributed by atoms with Crippen LogP contribution in [0.5, 0.6) is 0 Å². The van der Waals surface area contributed by atoms with Crippen molar-refractivity contribution in [2.75, 3.05) is 19.6 Å². The Kier molecular flexibility index (Phi) is 5.46. The zero-order valence-electron chi connectivity index (χ0n) is 16.2. The monoisotopic (exact) mass is 384 g/mol. The first-order valence-corrected chi connectivity index (χ1v) is 10.2. The van der Waals surface area contributed by atoms with Gasteiger partial charge in [-0.15, -0.1) is 0 Å². The zero-order valence-corrected chi connectivity index (χ0v) is 16.2. The Bertz CT molecular complexity index is 792. The average Bonchev–Trinajstić information content (AvgIpc) is 3.00. The summed E-state index contributed by atoms with van der Waals surface area (Å²) in [5, 5.41) is 2.36. The number of benzene rings is 1. The van der Waals surface area contributed by atoms with E-state index >= 15 is 0 Å². The molecule has 0 bridgehead atoms. The highest BCUT2D eigenvalue weighted by Gasteiger charge is 2.39. The molecule has 3 aliphatic heterocycles. The van der Waals surface area contributed by atoms with Crippen LogP contribution in [0.25, 0.3) is 0 Å². The molecule has 0 saturated carbocycles. The average molecular weight is 384 g/mol. The molecule has 1 aromatic carbocycles. The third kappa shape index (κ3) is 3.69. The normalized spacial score (nSPS) is 25.8. The lowest BCUT2D eigenvalue weighted by Crippen LogP contribution is -2.52. The number of carbonyl (C=O) groups excluding carboxylic acids is 3. The van der Waals surface area contributed by atoms with E-state index in [9.17, 15) is 14.4 Å². The number of carbonyl (C=O) groups is 3. The highest BCUT2D eigenvalue weighted by molar-refractivity contribution is 6.05. The molecule has 1 aromatic rings. The minimum absolute atomic E-state index is 0.106. The predicted octanol–water partition coefficient (Wildman–Crippen LogP) is 1.01. The summed E-state index contributed by atoms with van der Waals surface area (Å²) in [5.41, 5.74) is 8.62. The van der Waals surface area contributed by atoms with E-state index in [1.165, 1.54) is 12.8 Å². The quantitative estimate of drug-likeness (QED) is 0.739. The van der Waals surface area contributed by atoms with Gasteiger partial charge in [0.15, 0.2) is 0 Å². The maximum atomic E-state index is 12.9. The summed E-state index contributed by atoms with van der Waals surface area (Å²) in [6.45, 7) is 4.10. The van der Waals surface area contributed by atoms with Gasteiger partial charge in [-0.3, -0.25) is 24.6 Å². The molecule has 2 saturated heterocycles. The highest BCUT2D eigenvalue weighted by Crippen LogP contribution is 2.31. The summed E-state index contributed by atoms with van der Waals surface area (Å²) in [6.07, 6.45) is 4.15. The molecule has 3 heterocycles. The summed E-state index contributed by atoms with van der Waals surface area (Å²) >= 11 is 0. The molecule has 2 unspecified atom stereocenters. The Balaban J connectivity index is 1.50. The van der Waals surface area contributed by atoms with Gasteiger partial charge in [-0.25, -0.2) is 0 Å². The number of nitrogens with one attached hydrogen (secondary N) is 1. The van der Waals surface area contributed by atoms with Crippen molar-refractivity contribution in [1.82, 2.24) is 15.1 Å². The summed E-state index contributed by atoms with van der Waals surface area (Å²) in [5.74, 6) is -0.0778. The minimum atomic E-state index is -0.561. The number of rotatable bonds is 5. The molecule has 7 heteroatoms. The largest absolute Gasteiger partial charge is 0.330 e. The molecule has 3 N–H and O–H groups in total. The molecule has 4 rings (SSSR count). The maximum Gasteiger partial charge on any atom is 0.255 e. The van der Waals surface area contributed by atoms with Crippen LogP contribution in [0.4, 0.5) is 0 Å². The molecular weight excluding hydrogens is 356 g/mol. The van der Waals surface area contributed by atoms with Crippen LogP contribution in [0.15, 0.2) is 18.2 Å². The number of fused-ring (bicyclic) bond motifs is 1. The maximum absolute atomic E-state index is 12.9. The molecule has 2 fully saturated rings. The number of likely N-dealkylation sites (tertiary alicyclic amines) is 1. The molecule has 2 atom stereocenters. The first kappa shape index (κ1) is 19.1. The standard InChI is InChI=1S/C21H28N4O3/c22-9-8-14-3-2-10-24(11-14)12-15-4-1-5-16-17(15)13-25(21(16)28)18-6-7-19(26)23-20(18)27/h1,4-5,14,18H,2-3,6-13,22H2,(H,23,26,27). The number of hydrogen-bond acceptors (Lipinski definition) is 5. The van der Waals surface area contributed by atoms with Gasteiger partial charge in [0.25, 0.3) is 5.91 Å². The van der Waals surface area contributed by atoms with Gasteiger partial charge in [-0.05, 0) is 61.9 Å². The molecule has 0 aliphatic carbocycles. The van der Waals surface area contributed by atoms with E-state index < -0.39 is 6.04 Å². The number of imide groups is 1. The number of amides is 3. The smallest absolute Gasteiger partial charge is 0.255 e. The van der Waals surface area contributed by atoms with Crippen molar-refractivity contribution in [3.8, 4) is 0 Å². The lowest BCUT2D eigenvalue weighted by molar-refractivity contribution is -0.136. The van der Waals surface area contributed by atoms with E-state index in [4.69, 9.17) is 5.73 Å². The molecule has 3 amide bonds. The second-order valence-corrected chi connectivity index (χ2v) is 8.16. The summed E-state index contributed by atoms with van der Waals surface area (Å²) in [7, 11) is 0. The Morgan fingerprint density at radius 2 is 2.04 bits per heavy atom. The van der Waals surface area contributed by atoms with Crippen LogP contribution in [-0.2, 0) is 22.7 Å². The van der Waals surface area contributed by atoms with Crippen LogP contribution in [0.1, 0.15) is 53.6 Å². The van der Waals surface area contributed by atoms with Crippen molar-refractivity contribution in [3.05, 3.63) is 34.9 Å². The summed E-state index contributed by atoms with van der Waals surface area (Å²) in [4.78, 5) is 40.7. The van der Waals surface area contributed by atoms with Crippen LogP contribution in [0.3, 0.4) is 0 Å². The fraction of sp³-hybridized carbons (Fsp3) is 0.571. The predicted molar refractivity (Wildman–Crippen MR) is 104 cm³/mol. The van der Waals surface area contributed by atoms with Crippen LogP contribution in [-0.4, -0.2) is 53.2 Å². The van der Waals surface area contributed by atoms with Crippen LogP contribution in [0, 0.1) is 5.92 Å². The lowest BCUT2D eigenvalue weighted by Gasteiger charge is -2.33. The van der Waals surface area contributed by atoms with Gasteiger partial charge in [-0.1, -0.05) is 12.1 Å². The van der Waals surface area contributed by atoms with Crippen molar-refractivity contribution in [1.29, 1.82) is 0 Å². The number of piperidine rings is 2. The van der Waals surface area contributed by atoms with Crippen molar-refractivity contribution in [2.24, 2.45) is 11.7 Å². The zero-order chi connectivity index (χ0) is 19.7. The second-order valence-electron chi connectivity index (χ2n) is 8.16. The van der Waals surface area contributed by atoms with Crippen molar-refractivity contribution < 1.29 is 14.4 Å². The van der Waals surface area contributed by atoms with Crippen LogP contribution in [0.2, 0.25) is 0 Å². The van der Waals surface area contributed by atoms with E-state index in [1.54, 1.807) is 4.90 Å². The van der Waals surface area contributed by atoms with E-state index in [2.05, 4.69) is 16.3 Å². The van der Waals surface area contributed by atoms with E-state index in [-0.39, 0.29) is 24.1 Å². The SMILES string of the molecule is NCCC1CCCN(Cc2cccc3c2CN(C2CCC(=O)NC2=O)C3=O)C1. The Labute approximate surface area is 165 Å². The van der Waals surface area contributed by atoms with Crippen molar-refractivity contribution in [2.45, 2.75) is 51.2 Å². The fourth-order valence-electron chi connectivity index (χ4n) is 4.81. The molecule has 0 aromatic heterocycles. The molecule has 0 radical (unpaired) electrons. The lowest BCUT2D eigenvalue weighted by atomic mass is 9.94. The van der Waals surface area contributed by atoms with Gasteiger partial charge in [0, 0.05) is 31.6 Å². The first-order chi connectivity index (χ1) is 13.6. The Morgan fingerprint density at radius 3 is 2.82 bits per heavy atom. The second kappa shape index (κ2) is 8.01. The third-order valence-electron chi connectivity index (χ3n) is 6.25. The highest BCUT2D eigenvalue weighted by atomic mass is 16.2. The molecule has 150 valence electrons. The third-order valence-corrected chi connectivity index (χ3v) is 6.25. The van der Waals surface area contributed by atoms with Gasteiger partial charge in [-0.2, -0.15) is 0 Å². The molecule has 0 spiro atoms. The van der Waals surface area contributed by atoms with Gasteiger partial charge < -0.3 is 10.6 Å². The number of nitrogens with zero attached hydrogens (tertiary/aromatic N) is 2. The minimum Gasteiger partial charge on any atom is -0.330 e. The first-order valence-electron chi connectivity index (χ1n) is 10.2. The Hall–Kier alpha value is -2.25. The van der Waals surface area contributed by atoms with Gasteiger partial charge in [0.1, 0.15) is 6.04 Å². The topological polar surface area (TPSA) is 95.7 Å². The molecular formula is C21H28N4O3. The van der Waals surface area contributed by atoms with E-state index in [0.29, 0.717) is 24.4 Å². The van der Waals surface area contributed by atoms with Gasteiger partial charge in [0.2, 0.25) is 11.8 Å². The Morgan fingerprint density at radius 1 is 1.18 bits per heavy atom. The van der Waals surface area contributed by atoms with Crippen LogP contribution < -0.4 is 11.1 Å². The van der Waals surface area contributed by atoms with Crippen molar-refractivity contribution >= 4 is 17.7 Å².